The molecule has 0 bridgehead atoms. The number of benzene rings is 1. The van der Waals surface area contributed by atoms with Crippen molar-refractivity contribution in [3.05, 3.63) is 29.3 Å². The van der Waals surface area contributed by atoms with E-state index in [0.29, 0.717) is 5.71 Å². The second-order valence-corrected chi connectivity index (χ2v) is 4.02. The summed E-state index contributed by atoms with van der Waals surface area (Å²) < 4.78 is 5.81. The molecule has 1 aromatic rings. The van der Waals surface area contributed by atoms with Gasteiger partial charge in [0.1, 0.15) is 5.75 Å². The molecule has 1 unspecified atom stereocenters. The summed E-state index contributed by atoms with van der Waals surface area (Å²) in [7, 11) is 0. The maximum absolute atomic E-state index is 8.81. The van der Waals surface area contributed by atoms with Crippen LogP contribution in [0.4, 0.5) is 0 Å². The van der Waals surface area contributed by atoms with Crippen LogP contribution in [0.3, 0.4) is 0 Å². The fourth-order valence-electron chi connectivity index (χ4n) is 1.38. The molecule has 1 rings (SSSR count). The first-order valence-corrected chi connectivity index (χ1v) is 5.54. The molecule has 1 N–H and O–H groups in total. The van der Waals surface area contributed by atoms with Gasteiger partial charge in [-0.05, 0) is 44.9 Å². The van der Waals surface area contributed by atoms with E-state index in [1.54, 1.807) is 6.92 Å². The van der Waals surface area contributed by atoms with Crippen LogP contribution in [0.15, 0.2) is 23.4 Å². The Kier molecular flexibility index (Phi) is 4.35. The molecule has 16 heavy (non-hydrogen) atoms. The zero-order chi connectivity index (χ0) is 12.1. The Morgan fingerprint density at radius 3 is 2.75 bits per heavy atom. The minimum absolute atomic E-state index is 0.159. The summed E-state index contributed by atoms with van der Waals surface area (Å²) in [5, 5.41) is 12.0. The number of aryl methyl sites for hydroxylation is 1. The quantitative estimate of drug-likeness (QED) is 0.481. The average Bonchev–Trinajstić information content (AvgIpc) is 2.28. The van der Waals surface area contributed by atoms with Crippen LogP contribution in [0.5, 0.6) is 5.75 Å². The highest BCUT2D eigenvalue weighted by Crippen LogP contribution is 2.23. The van der Waals surface area contributed by atoms with Crippen LogP contribution in [0, 0.1) is 6.92 Å². The molecule has 1 aromatic carbocycles. The number of ether oxygens (including phenoxy) is 1. The molecule has 3 heteroatoms. The zero-order valence-corrected chi connectivity index (χ0v) is 10.3. The molecule has 0 heterocycles. The smallest absolute Gasteiger partial charge is 0.129 e. The molecule has 0 spiro atoms. The van der Waals surface area contributed by atoms with E-state index in [-0.39, 0.29) is 6.10 Å². The van der Waals surface area contributed by atoms with Gasteiger partial charge in [-0.2, -0.15) is 0 Å². The normalized spacial score (nSPS) is 13.6. The third kappa shape index (κ3) is 2.99. The van der Waals surface area contributed by atoms with Gasteiger partial charge in [0.05, 0.1) is 11.8 Å². The largest absolute Gasteiger partial charge is 0.490 e. The molecule has 0 aliphatic carbocycles. The molecule has 88 valence electrons. The van der Waals surface area contributed by atoms with Crippen molar-refractivity contribution in [1.29, 1.82) is 0 Å². The van der Waals surface area contributed by atoms with Gasteiger partial charge in [0, 0.05) is 5.56 Å². The van der Waals surface area contributed by atoms with E-state index in [4.69, 9.17) is 9.94 Å². The second-order valence-electron chi connectivity index (χ2n) is 4.02. The summed E-state index contributed by atoms with van der Waals surface area (Å²) in [6.45, 7) is 7.87. The van der Waals surface area contributed by atoms with E-state index in [1.807, 2.05) is 32.0 Å². The zero-order valence-electron chi connectivity index (χ0n) is 10.3. The Morgan fingerprint density at radius 2 is 2.19 bits per heavy atom. The van der Waals surface area contributed by atoms with Crippen LogP contribution in [0.25, 0.3) is 0 Å². The lowest BCUT2D eigenvalue weighted by Crippen LogP contribution is -2.12. The molecule has 0 aromatic heterocycles. The van der Waals surface area contributed by atoms with Gasteiger partial charge in [0.15, 0.2) is 0 Å². The van der Waals surface area contributed by atoms with Gasteiger partial charge < -0.3 is 9.94 Å². The number of hydrogen-bond donors (Lipinski definition) is 1. The van der Waals surface area contributed by atoms with Gasteiger partial charge in [-0.25, -0.2) is 0 Å². The topological polar surface area (TPSA) is 41.8 Å². The third-order valence-electron chi connectivity index (χ3n) is 2.58. The highest BCUT2D eigenvalue weighted by Gasteiger charge is 2.10. The summed E-state index contributed by atoms with van der Waals surface area (Å²) in [6.07, 6.45) is 1.11. The summed E-state index contributed by atoms with van der Waals surface area (Å²) in [5.74, 6) is 0.782. The molecule has 0 saturated heterocycles. The van der Waals surface area contributed by atoms with Crippen molar-refractivity contribution < 1.29 is 9.94 Å². The lowest BCUT2D eigenvalue weighted by molar-refractivity contribution is 0.216. The summed E-state index contributed by atoms with van der Waals surface area (Å²) in [6, 6.07) is 5.87. The van der Waals surface area contributed by atoms with Gasteiger partial charge in [-0.1, -0.05) is 18.1 Å². The lowest BCUT2D eigenvalue weighted by Gasteiger charge is -2.16. The van der Waals surface area contributed by atoms with Crippen LogP contribution < -0.4 is 4.74 Å². The number of oxime groups is 1. The molecular weight excluding hydrogens is 202 g/mol. The molecule has 3 nitrogen and oxygen atoms in total. The first kappa shape index (κ1) is 12.6. The van der Waals surface area contributed by atoms with Crippen LogP contribution in [0.2, 0.25) is 0 Å². The van der Waals surface area contributed by atoms with Gasteiger partial charge in [-0.15, -0.1) is 0 Å². The maximum Gasteiger partial charge on any atom is 0.129 e. The highest BCUT2D eigenvalue weighted by molar-refractivity contribution is 6.00. The van der Waals surface area contributed by atoms with Crippen molar-refractivity contribution in [2.45, 2.75) is 40.2 Å². The van der Waals surface area contributed by atoms with Gasteiger partial charge in [0.2, 0.25) is 0 Å². The molecule has 0 amide bonds. The van der Waals surface area contributed by atoms with E-state index >= 15 is 0 Å². The first-order valence-electron chi connectivity index (χ1n) is 5.54. The summed E-state index contributed by atoms with van der Waals surface area (Å²) in [4.78, 5) is 0. The Bertz CT molecular complexity index is 386. The highest BCUT2D eigenvalue weighted by atomic mass is 16.5. The predicted molar refractivity (Wildman–Crippen MR) is 65.6 cm³/mol. The molecule has 1 atom stereocenters. The summed E-state index contributed by atoms with van der Waals surface area (Å²) in [5.41, 5.74) is 2.54. The predicted octanol–water partition coefficient (Wildman–Crippen LogP) is 3.37. The number of rotatable bonds is 4. The molecular formula is C13H19NO2. The third-order valence-corrected chi connectivity index (χ3v) is 2.58. The van der Waals surface area contributed by atoms with E-state index < -0.39 is 0 Å². The lowest BCUT2D eigenvalue weighted by atomic mass is 10.1. The van der Waals surface area contributed by atoms with Crippen LogP contribution in [-0.2, 0) is 0 Å². The second kappa shape index (κ2) is 5.54. The van der Waals surface area contributed by atoms with Crippen molar-refractivity contribution in [2.24, 2.45) is 5.16 Å². The minimum atomic E-state index is 0.159. The van der Waals surface area contributed by atoms with Crippen molar-refractivity contribution in [3.8, 4) is 5.75 Å². The molecule has 0 radical (unpaired) electrons. The van der Waals surface area contributed by atoms with Crippen molar-refractivity contribution in [3.63, 3.8) is 0 Å². The molecule has 0 aliphatic rings. The van der Waals surface area contributed by atoms with Gasteiger partial charge >= 0.3 is 0 Å². The molecule has 0 fully saturated rings. The molecule has 0 saturated carbocycles. The monoisotopic (exact) mass is 221 g/mol. The fraction of sp³-hybridized carbons (Fsp3) is 0.462. The SMILES string of the molecule is CCC(C)Oc1cc(C)ccc1/C(C)=N/O. The van der Waals surface area contributed by atoms with E-state index in [1.165, 1.54) is 0 Å². The molecule has 0 aliphatic heterocycles. The Hall–Kier alpha value is -1.51. The van der Waals surface area contributed by atoms with Crippen molar-refractivity contribution >= 4 is 5.71 Å². The van der Waals surface area contributed by atoms with Crippen LogP contribution in [-0.4, -0.2) is 17.0 Å². The van der Waals surface area contributed by atoms with E-state index in [2.05, 4.69) is 12.1 Å². The van der Waals surface area contributed by atoms with Crippen molar-refractivity contribution in [1.82, 2.24) is 0 Å². The number of nitrogens with zero attached hydrogens (tertiary/aromatic N) is 1. The van der Waals surface area contributed by atoms with Gasteiger partial charge in [0.25, 0.3) is 0 Å². The van der Waals surface area contributed by atoms with Crippen LogP contribution in [0.1, 0.15) is 38.3 Å². The van der Waals surface area contributed by atoms with Crippen molar-refractivity contribution in [2.75, 3.05) is 0 Å². The standard InChI is InChI=1S/C13H19NO2/c1-5-10(3)16-13-8-9(2)6-7-12(13)11(4)14-15/h6-8,10,15H,5H2,1-4H3/b14-11+. The average molecular weight is 221 g/mol. The Morgan fingerprint density at radius 1 is 1.50 bits per heavy atom. The Balaban J connectivity index is 3.08. The van der Waals surface area contributed by atoms with Crippen LogP contribution >= 0.6 is 0 Å². The maximum atomic E-state index is 8.81. The van der Waals surface area contributed by atoms with E-state index in [9.17, 15) is 0 Å². The minimum Gasteiger partial charge on any atom is -0.490 e. The summed E-state index contributed by atoms with van der Waals surface area (Å²) >= 11 is 0. The Labute approximate surface area is 96.7 Å². The fourth-order valence-corrected chi connectivity index (χ4v) is 1.38. The first-order chi connectivity index (χ1) is 7.58. The van der Waals surface area contributed by atoms with E-state index in [0.717, 1.165) is 23.3 Å². The number of hydrogen-bond acceptors (Lipinski definition) is 3. The van der Waals surface area contributed by atoms with Gasteiger partial charge in [-0.3, -0.25) is 0 Å².